The molecule has 1 aliphatic carbocycles. The Kier molecular flexibility index (Phi) is 6.83. The monoisotopic (exact) mass is 569 g/mol. The summed E-state index contributed by atoms with van der Waals surface area (Å²) in [7, 11) is 1.97. The van der Waals surface area contributed by atoms with Gasteiger partial charge in [0.25, 0.3) is 5.91 Å². The topological polar surface area (TPSA) is 110 Å². The minimum absolute atomic E-state index is 0.0507. The number of benzene rings is 1. The highest BCUT2D eigenvalue weighted by molar-refractivity contribution is 6.01. The molecule has 1 amide bonds. The van der Waals surface area contributed by atoms with Crippen LogP contribution in [-0.4, -0.2) is 73.7 Å². The first-order chi connectivity index (χ1) is 20.5. The lowest BCUT2D eigenvalue weighted by Gasteiger charge is -2.32. The smallest absolute Gasteiger partial charge is 0.257 e. The number of aromatic nitrogens is 5. The van der Waals surface area contributed by atoms with E-state index in [9.17, 15) is 9.90 Å². The molecule has 216 valence electrons. The van der Waals surface area contributed by atoms with Crippen molar-refractivity contribution in [2.24, 2.45) is 0 Å². The fourth-order valence-corrected chi connectivity index (χ4v) is 5.90. The predicted octanol–water partition coefficient (Wildman–Crippen LogP) is 3.94. The van der Waals surface area contributed by atoms with Gasteiger partial charge in [0.1, 0.15) is 23.2 Å². The SMILES string of the molecule is CN(Cc1ccccc1)c1cc(-c2cn([C@@H]3CCOC[C@H]3F)c3ncccc23)nc2c(C(=O)NC3CCC3O)cnn12. The highest BCUT2D eigenvalue weighted by atomic mass is 19.1. The molecular formula is C31H32FN7O3. The summed E-state index contributed by atoms with van der Waals surface area (Å²) in [5.41, 5.74) is 3.91. The second kappa shape index (κ2) is 10.8. The van der Waals surface area contributed by atoms with E-state index in [1.807, 2.05) is 54.2 Å². The molecule has 1 aliphatic heterocycles. The van der Waals surface area contributed by atoms with Crippen molar-refractivity contribution in [3.05, 3.63) is 78.2 Å². The van der Waals surface area contributed by atoms with Crippen LogP contribution in [0.5, 0.6) is 0 Å². The van der Waals surface area contributed by atoms with Crippen molar-refractivity contribution in [2.45, 2.75) is 50.2 Å². The highest BCUT2D eigenvalue weighted by Gasteiger charge is 2.32. The Labute approximate surface area is 241 Å². The molecule has 1 aromatic carbocycles. The van der Waals surface area contributed by atoms with Gasteiger partial charge in [0.2, 0.25) is 0 Å². The molecule has 5 heterocycles. The fraction of sp³-hybridized carbons (Fsp3) is 0.355. The van der Waals surface area contributed by atoms with Crippen molar-refractivity contribution in [3.8, 4) is 11.3 Å². The lowest BCUT2D eigenvalue weighted by atomic mass is 9.89. The maximum absolute atomic E-state index is 15.1. The molecule has 2 aliphatic rings. The van der Waals surface area contributed by atoms with E-state index in [4.69, 9.17) is 9.72 Å². The van der Waals surface area contributed by atoms with E-state index in [2.05, 4.69) is 32.4 Å². The third-order valence-corrected chi connectivity index (χ3v) is 8.38. The van der Waals surface area contributed by atoms with E-state index in [0.717, 1.165) is 28.8 Å². The number of aliphatic hydroxyl groups is 1. The van der Waals surface area contributed by atoms with Gasteiger partial charge in [-0.3, -0.25) is 4.79 Å². The van der Waals surface area contributed by atoms with Crippen molar-refractivity contribution in [1.82, 2.24) is 29.5 Å². The third kappa shape index (κ3) is 4.68. The minimum atomic E-state index is -1.15. The van der Waals surface area contributed by atoms with Gasteiger partial charge in [-0.05, 0) is 37.0 Å². The summed E-state index contributed by atoms with van der Waals surface area (Å²) >= 11 is 0. The van der Waals surface area contributed by atoms with Crippen LogP contribution in [-0.2, 0) is 11.3 Å². The van der Waals surface area contributed by atoms with Crippen LogP contribution in [0.4, 0.5) is 10.2 Å². The molecule has 1 saturated heterocycles. The van der Waals surface area contributed by atoms with Crippen molar-refractivity contribution < 1.29 is 19.0 Å². The Bertz CT molecular complexity index is 1750. The van der Waals surface area contributed by atoms with Gasteiger partial charge in [-0.25, -0.2) is 14.4 Å². The Hall–Kier alpha value is -4.35. The first kappa shape index (κ1) is 26.5. The van der Waals surface area contributed by atoms with Crippen LogP contribution >= 0.6 is 0 Å². The molecule has 2 unspecified atom stereocenters. The first-order valence-corrected chi connectivity index (χ1v) is 14.3. The van der Waals surface area contributed by atoms with Crippen molar-refractivity contribution in [2.75, 3.05) is 25.2 Å². The number of nitrogens with zero attached hydrogens (tertiary/aromatic N) is 6. The van der Waals surface area contributed by atoms with Gasteiger partial charge in [0.05, 0.1) is 36.7 Å². The number of pyridine rings is 1. The molecule has 4 atom stereocenters. The fourth-order valence-electron chi connectivity index (χ4n) is 5.90. The maximum Gasteiger partial charge on any atom is 0.257 e. The highest BCUT2D eigenvalue weighted by Crippen LogP contribution is 2.36. The number of ether oxygens (including phenoxy) is 1. The van der Waals surface area contributed by atoms with E-state index < -0.39 is 18.3 Å². The number of amides is 1. The molecule has 2 N–H and O–H groups in total. The number of nitrogens with one attached hydrogen (secondary N) is 1. The lowest BCUT2D eigenvalue weighted by Crippen LogP contribution is -2.50. The summed E-state index contributed by atoms with van der Waals surface area (Å²) in [6.45, 7) is 1.13. The van der Waals surface area contributed by atoms with Crippen LogP contribution in [0.15, 0.2) is 67.1 Å². The first-order valence-electron chi connectivity index (χ1n) is 14.3. The molecule has 11 heteroatoms. The van der Waals surface area contributed by atoms with Crippen molar-refractivity contribution >= 4 is 28.4 Å². The number of hydrogen-bond donors (Lipinski definition) is 2. The van der Waals surface area contributed by atoms with Crippen LogP contribution in [0, 0.1) is 0 Å². The second-order valence-electron chi connectivity index (χ2n) is 11.1. The molecule has 0 spiro atoms. The van der Waals surface area contributed by atoms with E-state index in [1.54, 1.807) is 10.7 Å². The quantitative estimate of drug-likeness (QED) is 0.306. The van der Waals surface area contributed by atoms with Gasteiger partial charge in [-0.15, -0.1) is 0 Å². The molecule has 42 heavy (non-hydrogen) atoms. The molecule has 2 fully saturated rings. The number of hydrogen-bond acceptors (Lipinski definition) is 7. The van der Waals surface area contributed by atoms with E-state index in [1.165, 1.54) is 6.20 Å². The number of fused-ring (bicyclic) bond motifs is 2. The Morgan fingerprint density at radius 3 is 2.79 bits per heavy atom. The molecule has 10 nitrogen and oxygen atoms in total. The zero-order chi connectivity index (χ0) is 28.8. The summed E-state index contributed by atoms with van der Waals surface area (Å²) in [6.07, 6.45) is 5.38. The molecule has 0 bridgehead atoms. The summed E-state index contributed by atoms with van der Waals surface area (Å²) < 4.78 is 24.0. The van der Waals surface area contributed by atoms with Crippen LogP contribution in [0.1, 0.15) is 41.2 Å². The number of alkyl halides is 1. The number of carbonyl (C=O) groups excluding carboxylic acids is 1. The van der Waals surface area contributed by atoms with E-state index >= 15 is 4.39 Å². The van der Waals surface area contributed by atoms with Crippen LogP contribution in [0.3, 0.4) is 0 Å². The number of rotatable bonds is 7. The standard InChI is InChI=1S/C31H32FN7O3/c1-37(16-19-6-3-2-4-7-19)28-14-25(35-30-21(15-34-39(28)30)31(41)36-24-9-10-27(24)40)22-17-38(26-11-13-42-18-23(26)32)29-20(22)8-5-12-33-29/h2-8,12,14-15,17,23-24,26-27,40H,9-11,13,16,18H2,1H3,(H,36,41)/t23-,24?,26-,27?/m1/s1. The third-order valence-electron chi connectivity index (χ3n) is 8.38. The minimum Gasteiger partial charge on any atom is -0.391 e. The van der Waals surface area contributed by atoms with Crippen molar-refractivity contribution in [1.29, 1.82) is 0 Å². The molecule has 4 aromatic heterocycles. The zero-order valence-corrected chi connectivity index (χ0v) is 23.2. The number of halogens is 1. The van der Waals surface area contributed by atoms with Gasteiger partial charge in [-0.2, -0.15) is 9.61 Å². The summed E-state index contributed by atoms with van der Waals surface area (Å²) in [5, 5.41) is 18.4. The Balaban J connectivity index is 1.37. The van der Waals surface area contributed by atoms with Crippen molar-refractivity contribution in [3.63, 3.8) is 0 Å². The molecular weight excluding hydrogens is 537 g/mol. The largest absolute Gasteiger partial charge is 0.391 e. The van der Waals surface area contributed by atoms with Crippen LogP contribution < -0.4 is 10.2 Å². The molecule has 5 aromatic rings. The normalized spacial score (nSPS) is 22.3. The molecule has 0 radical (unpaired) electrons. The van der Waals surface area contributed by atoms with Gasteiger partial charge in [0.15, 0.2) is 5.65 Å². The zero-order valence-electron chi connectivity index (χ0n) is 23.2. The summed E-state index contributed by atoms with van der Waals surface area (Å²) in [6, 6.07) is 15.2. The van der Waals surface area contributed by atoms with E-state index in [0.29, 0.717) is 48.5 Å². The number of aliphatic hydroxyl groups excluding tert-OH is 1. The van der Waals surface area contributed by atoms with Gasteiger partial charge >= 0.3 is 0 Å². The average Bonchev–Trinajstić information content (AvgIpc) is 3.61. The number of carbonyl (C=O) groups is 1. The molecule has 1 saturated carbocycles. The van der Waals surface area contributed by atoms with Gasteiger partial charge in [-0.1, -0.05) is 30.3 Å². The lowest BCUT2D eigenvalue weighted by molar-refractivity contribution is 0.00443. The predicted molar refractivity (Wildman–Crippen MR) is 156 cm³/mol. The molecule has 7 rings (SSSR count). The van der Waals surface area contributed by atoms with Crippen LogP contribution in [0.25, 0.3) is 27.9 Å². The maximum atomic E-state index is 15.1. The van der Waals surface area contributed by atoms with Crippen LogP contribution in [0.2, 0.25) is 0 Å². The Morgan fingerprint density at radius 2 is 2.02 bits per heavy atom. The van der Waals surface area contributed by atoms with Gasteiger partial charge in [0, 0.05) is 49.6 Å². The van der Waals surface area contributed by atoms with E-state index in [-0.39, 0.29) is 18.6 Å². The average molecular weight is 570 g/mol. The summed E-state index contributed by atoms with van der Waals surface area (Å²) in [5.74, 6) is 0.405. The summed E-state index contributed by atoms with van der Waals surface area (Å²) in [4.78, 5) is 25.0. The number of anilines is 1. The Morgan fingerprint density at radius 1 is 1.17 bits per heavy atom. The second-order valence-corrected chi connectivity index (χ2v) is 11.1. The van der Waals surface area contributed by atoms with Gasteiger partial charge < -0.3 is 24.6 Å².